The number of nitrogens with zero attached hydrogens (tertiary/aromatic N) is 2. The molecule has 0 saturated carbocycles. The number of nitrogens with one attached hydrogen (secondary N) is 1. The molecule has 2 atom stereocenters. The molecule has 3 aromatic rings. The molecular weight excluding hydrogens is 522 g/mol. The van der Waals surface area contributed by atoms with Crippen LogP contribution in [-0.2, 0) is 26.2 Å². The van der Waals surface area contributed by atoms with Crippen LogP contribution in [0, 0.1) is 6.92 Å². The van der Waals surface area contributed by atoms with E-state index in [9.17, 15) is 18.0 Å². The van der Waals surface area contributed by atoms with E-state index in [0.29, 0.717) is 16.3 Å². The van der Waals surface area contributed by atoms with Gasteiger partial charge in [-0.05, 0) is 62.6 Å². The Kier molecular flexibility index (Phi) is 9.94. The summed E-state index contributed by atoms with van der Waals surface area (Å²) < 4.78 is 28.7. The Morgan fingerprint density at radius 3 is 2.16 bits per heavy atom. The highest BCUT2D eigenvalue weighted by Gasteiger charge is 2.33. The summed E-state index contributed by atoms with van der Waals surface area (Å²) in [7, 11) is -4.14. The molecule has 0 unspecified atom stereocenters. The number of benzene rings is 3. The number of amides is 2. The van der Waals surface area contributed by atoms with Crippen LogP contribution < -0.4 is 9.62 Å². The summed E-state index contributed by atoms with van der Waals surface area (Å²) in [5.74, 6) is -0.820. The highest BCUT2D eigenvalue weighted by atomic mass is 35.5. The first-order valence-corrected chi connectivity index (χ1v) is 14.3. The number of aryl methyl sites for hydroxylation is 1. The van der Waals surface area contributed by atoms with Gasteiger partial charge >= 0.3 is 0 Å². The molecule has 3 aromatic carbocycles. The lowest BCUT2D eigenvalue weighted by Crippen LogP contribution is -2.52. The molecule has 0 aliphatic rings. The third-order valence-corrected chi connectivity index (χ3v) is 8.42. The lowest BCUT2D eigenvalue weighted by molar-refractivity contribution is -0.139. The molecule has 0 radical (unpaired) electrons. The molecule has 0 fully saturated rings. The zero-order chi connectivity index (χ0) is 27.9. The summed E-state index contributed by atoms with van der Waals surface area (Å²) in [6.45, 7) is 6.90. The predicted molar refractivity (Wildman–Crippen MR) is 152 cm³/mol. The van der Waals surface area contributed by atoms with Crippen LogP contribution >= 0.6 is 11.6 Å². The number of rotatable bonds is 11. The van der Waals surface area contributed by atoms with E-state index >= 15 is 0 Å². The Morgan fingerprint density at radius 1 is 0.947 bits per heavy atom. The molecule has 0 saturated heterocycles. The Morgan fingerprint density at radius 2 is 1.55 bits per heavy atom. The van der Waals surface area contributed by atoms with E-state index in [4.69, 9.17) is 11.6 Å². The predicted octanol–water partition coefficient (Wildman–Crippen LogP) is 5.18. The zero-order valence-electron chi connectivity index (χ0n) is 22.1. The van der Waals surface area contributed by atoms with Gasteiger partial charge in [-0.2, -0.15) is 0 Å². The molecule has 2 amide bonds. The molecule has 0 bridgehead atoms. The third kappa shape index (κ3) is 7.14. The van der Waals surface area contributed by atoms with Crippen molar-refractivity contribution in [3.05, 3.63) is 95.0 Å². The molecule has 38 heavy (non-hydrogen) atoms. The van der Waals surface area contributed by atoms with Gasteiger partial charge in [0.25, 0.3) is 10.0 Å². The van der Waals surface area contributed by atoms with Gasteiger partial charge in [-0.1, -0.05) is 73.1 Å². The van der Waals surface area contributed by atoms with Gasteiger partial charge in [-0.25, -0.2) is 8.42 Å². The third-order valence-electron chi connectivity index (χ3n) is 6.41. The molecule has 0 aliphatic heterocycles. The van der Waals surface area contributed by atoms with Crippen LogP contribution in [0.1, 0.15) is 38.3 Å². The average molecular weight is 556 g/mol. The average Bonchev–Trinajstić information content (AvgIpc) is 2.92. The van der Waals surface area contributed by atoms with Gasteiger partial charge in [0.05, 0.1) is 10.6 Å². The molecule has 3 rings (SSSR count). The van der Waals surface area contributed by atoms with Crippen molar-refractivity contribution >= 4 is 39.1 Å². The minimum absolute atomic E-state index is 0.0457. The monoisotopic (exact) mass is 555 g/mol. The maximum Gasteiger partial charge on any atom is 0.264 e. The van der Waals surface area contributed by atoms with Crippen molar-refractivity contribution in [2.75, 3.05) is 10.8 Å². The van der Waals surface area contributed by atoms with E-state index in [-0.39, 0.29) is 23.4 Å². The van der Waals surface area contributed by atoms with E-state index in [1.54, 1.807) is 44.2 Å². The number of sulfonamides is 1. The molecule has 9 heteroatoms. The van der Waals surface area contributed by atoms with Crippen LogP contribution in [0.25, 0.3) is 0 Å². The van der Waals surface area contributed by atoms with Crippen molar-refractivity contribution in [3.63, 3.8) is 0 Å². The summed E-state index contributed by atoms with van der Waals surface area (Å²) in [5, 5.41) is 3.27. The van der Waals surface area contributed by atoms with Gasteiger partial charge in [-0.3, -0.25) is 13.9 Å². The standard InChI is InChI=1S/C29H34ClN3O4S/c1-5-22(3)31-29(35)23(4)32(19-24-12-8-6-9-13-24)28(34)20-33(27-18-25(30)17-16-21(27)2)38(36,37)26-14-10-7-11-15-26/h6-18,22-23H,5,19-20H2,1-4H3,(H,31,35)/t22-,23-/m1/s1. The summed E-state index contributed by atoms with van der Waals surface area (Å²) in [6, 6.07) is 21.2. The Bertz CT molecular complexity index is 1350. The molecule has 0 spiro atoms. The minimum atomic E-state index is -4.14. The quantitative estimate of drug-likeness (QED) is 0.353. The van der Waals surface area contributed by atoms with E-state index in [0.717, 1.165) is 16.3 Å². The fourth-order valence-corrected chi connectivity index (χ4v) is 5.57. The van der Waals surface area contributed by atoms with Gasteiger partial charge in [0, 0.05) is 17.6 Å². The Hall–Kier alpha value is -3.36. The van der Waals surface area contributed by atoms with Crippen LogP contribution in [0.15, 0.2) is 83.8 Å². The second-order valence-electron chi connectivity index (χ2n) is 9.26. The fourth-order valence-electron chi connectivity index (χ4n) is 3.91. The van der Waals surface area contributed by atoms with Crippen LogP contribution in [0.5, 0.6) is 0 Å². The first kappa shape index (κ1) is 29.2. The zero-order valence-corrected chi connectivity index (χ0v) is 23.7. The van der Waals surface area contributed by atoms with E-state index in [2.05, 4.69) is 5.32 Å². The first-order chi connectivity index (χ1) is 18.0. The van der Waals surface area contributed by atoms with Crippen molar-refractivity contribution < 1.29 is 18.0 Å². The molecule has 202 valence electrons. The van der Waals surface area contributed by atoms with Crippen molar-refractivity contribution in [3.8, 4) is 0 Å². The molecule has 0 aromatic heterocycles. The van der Waals surface area contributed by atoms with Gasteiger partial charge in [-0.15, -0.1) is 0 Å². The van der Waals surface area contributed by atoms with Crippen LogP contribution in [-0.4, -0.2) is 43.8 Å². The lowest BCUT2D eigenvalue weighted by Gasteiger charge is -2.33. The number of hydrogen-bond acceptors (Lipinski definition) is 4. The minimum Gasteiger partial charge on any atom is -0.352 e. The summed E-state index contributed by atoms with van der Waals surface area (Å²) in [5.41, 5.74) is 1.75. The van der Waals surface area contributed by atoms with Gasteiger partial charge in [0.15, 0.2) is 0 Å². The van der Waals surface area contributed by atoms with Gasteiger partial charge in [0.1, 0.15) is 12.6 Å². The second kappa shape index (κ2) is 12.9. The van der Waals surface area contributed by atoms with E-state index < -0.39 is 28.5 Å². The van der Waals surface area contributed by atoms with Gasteiger partial charge in [0.2, 0.25) is 11.8 Å². The van der Waals surface area contributed by atoms with Gasteiger partial charge < -0.3 is 10.2 Å². The summed E-state index contributed by atoms with van der Waals surface area (Å²) in [6.07, 6.45) is 0.738. The fraction of sp³-hybridized carbons (Fsp3) is 0.310. The largest absolute Gasteiger partial charge is 0.352 e. The highest BCUT2D eigenvalue weighted by molar-refractivity contribution is 7.92. The van der Waals surface area contributed by atoms with Crippen LogP contribution in [0.3, 0.4) is 0 Å². The number of carbonyl (C=O) groups excluding carboxylic acids is 2. The molecule has 0 aliphatic carbocycles. The van der Waals surface area contributed by atoms with E-state index in [1.807, 2.05) is 44.2 Å². The SMILES string of the molecule is CC[C@@H](C)NC(=O)[C@@H](C)N(Cc1ccccc1)C(=O)CN(c1cc(Cl)ccc1C)S(=O)(=O)c1ccccc1. The van der Waals surface area contributed by atoms with Crippen molar-refractivity contribution in [1.29, 1.82) is 0 Å². The molecule has 1 N–H and O–H groups in total. The molecular formula is C29H34ClN3O4S. The van der Waals surface area contributed by atoms with E-state index in [1.165, 1.54) is 23.1 Å². The topological polar surface area (TPSA) is 86.8 Å². The van der Waals surface area contributed by atoms with Crippen molar-refractivity contribution in [2.24, 2.45) is 0 Å². The normalized spacial score (nSPS) is 12.9. The molecule has 7 nitrogen and oxygen atoms in total. The lowest BCUT2D eigenvalue weighted by atomic mass is 10.1. The second-order valence-corrected chi connectivity index (χ2v) is 11.6. The Labute approximate surface area is 230 Å². The maximum atomic E-state index is 13.9. The first-order valence-electron chi connectivity index (χ1n) is 12.5. The Balaban J connectivity index is 2.04. The number of anilines is 1. The number of halogens is 1. The number of hydrogen-bond donors (Lipinski definition) is 1. The maximum absolute atomic E-state index is 13.9. The summed E-state index contributed by atoms with van der Waals surface area (Å²) >= 11 is 6.25. The van der Waals surface area contributed by atoms with Crippen LogP contribution in [0.2, 0.25) is 5.02 Å². The number of carbonyl (C=O) groups is 2. The van der Waals surface area contributed by atoms with Crippen molar-refractivity contribution in [1.82, 2.24) is 10.2 Å². The highest BCUT2D eigenvalue weighted by Crippen LogP contribution is 2.30. The van der Waals surface area contributed by atoms with Crippen LogP contribution in [0.4, 0.5) is 5.69 Å². The smallest absolute Gasteiger partial charge is 0.264 e. The molecule has 0 heterocycles. The van der Waals surface area contributed by atoms with Crippen molar-refractivity contribution in [2.45, 2.75) is 57.6 Å². The summed E-state index contributed by atoms with van der Waals surface area (Å²) in [4.78, 5) is 28.4.